The molecule has 3 aromatic rings. The van der Waals surface area contributed by atoms with Gasteiger partial charge in [0.15, 0.2) is 12.2 Å². The van der Waals surface area contributed by atoms with Crippen molar-refractivity contribution in [2.45, 2.75) is 6.92 Å². The second-order valence-electron chi connectivity index (χ2n) is 5.71. The minimum absolute atomic E-state index is 0.0577. The fraction of sp³-hybridized carbons (Fsp3) is 0.105. The average Bonchev–Trinajstić information content (AvgIpc) is 3.27. The summed E-state index contributed by atoms with van der Waals surface area (Å²) in [6, 6.07) is 9.12. The molecular formula is C19H17N5O3S. The fourth-order valence-corrected chi connectivity index (χ4v) is 2.57. The van der Waals surface area contributed by atoms with Gasteiger partial charge in [-0.3, -0.25) is 4.79 Å². The van der Waals surface area contributed by atoms with Gasteiger partial charge in [0.2, 0.25) is 0 Å². The molecule has 0 aliphatic heterocycles. The largest absolute Gasteiger partial charge is 0.496 e. The summed E-state index contributed by atoms with van der Waals surface area (Å²) in [5.74, 6) is 1.18. The van der Waals surface area contributed by atoms with Gasteiger partial charge < -0.3 is 14.5 Å². The van der Waals surface area contributed by atoms with E-state index in [1.165, 1.54) is 13.3 Å². The zero-order valence-electron chi connectivity index (χ0n) is 15.1. The number of benzene rings is 1. The molecule has 0 spiro atoms. The van der Waals surface area contributed by atoms with Gasteiger partial charge in [-0.25, -0.2) is 15.5 Å². The normalized spacial score (nSPS) is 11.5. The number of carbonyl (C=O) groups excluding carboxylic acids is 1. The van der Waals surface area contributed by atoms with E-state index in [0.29, 0.717) is 17.3 Å². The number of rotatable bonds is 6. The van der Waals surface area contributed by atoms with Crippen LogP contribution in [0.25, 0.3) is 22.5 Å². The molecule has 0 radical (unpaired) electrons. The van der Waals surface area contributed by atoms with E-state index in [9.17, 15) is 4.79 Å². The van der Waals surface area contributed by atoms with Crippen molar-refractivity contribution in [3.8, 4) is 28.2 Å². The average molecular weight is 395 g/mol. The summed E-state index contributed by atoms with van der Waals surface area (Å²) in [7, 11) is 1.59. The summed E-state index contributed by atoms with van der Waals surface area (Å²) in [5, 5.41) is 5.82. The first-order chi connectivity index (χ1) is 13.5. The van der Waals surface area contributed by atoms with Crippen molar-refractivity contribution in [1.29, 1.82) is 5.53 Å². The molecule has 0 bridgehead atoms. The van der Waals surface area contributed by atoms with Crippen molar-refractivity contribution in [3.63, 3.8) is 0 Å². The van der Waals surface area contributed by atoms with Crippen LogP contribution in [0, 0.1) is 5.53 Å². The first-order valence-electron chi connectivity index (χ1n) is 8.15. The lowest BCUT2D eigenvalue weighted by atomic mass is 10.0. The number of allylic oxidation sites excluding steroid dienone is 1. The molecule has 142 valence electrons. The molecule has 1 aromatic carbocycles. The highest BCUT2D eigenvalue weighted by atomic mass is 32.1. The smallest absolute Gasteiger partial charge is 0.264 e. The van der Waals surface area contributed by atoms with E-state index >= 15 is 0 Å². The molecule has 2 heterocycles. The SMILES string of the molecule is COc1ccc(-c2cnco2)cc1-c1ccc(NC(=O)/C(S)=C(\C)N=N)nc1. The van der Waals surface area contributed by atoms with E-state index in [1.54, 1.807) is 25.6 Å². The summed E-state index contributed by atoms with van der Waals surface area (Å²) >= 11 is 4.07. The Morgan fingerprint density at radius 3 is 2.64 bits per heavy atom. The van der Waals surface area contributed by atoms with Crippen LogP contribution in [0.4, 0.5) is 5.82 Å². The van der Waals surface area contributed by atoms with Gasteiger partial charge in [-0.05, 0) is 37.3 Å². The number of anilines is 1. The van der Waals surface area contributed by atoms with Gasteiger partial charge in [-0.15, -0.1) is 12.6 Å². The highest BCUT2D eigenvalue weighted by Crippen LogP contribution is 2.34. The number of hydrogen-bond acceptors (Lipinski definition) is 8. The van der Waals surface area contributed by atoms with Crippen molar-refractivity contribution in [2.24, 2.45) is 5.11 Å². The molecule has 0 saturated heterocycles. The Morgan fingerprint density at radius 2 is 2.04 bits per heavy atom. The molecule has 0 fully saturated rings. The van der Waals surface area contributed by atoms with Crippen LogP contribution in [0.15, 0.2) is 69.3 Å². The van der Waals surface area contributed by atoms with Crippen LogP contribution in [0.2, 0.25) is 0 Å². The van der Waals surface area contributed by atoms with E-state index in [-0.39, 0.29) is 10.6 Å². The highest BCUT2D eigenvalue weighted by molar-refractivity contribution is 7.85. The molecule has 0 aliphatic carbocycles. The summed E-state index contributed by atoms with van der Waals surface area (Å²) < 4.78 is 10.8. The van der Waals surface area contributed by atoms with Crippen molar-refractivity contribution in [1.82, 2.24) is 9.97 Å². The molecule has 2 N–H and O–H groups in total. The Hall–Kier alpha value is -3.46. The predicted octanol–water partition coefficient (Wildman–Crippen LogP) is 4.54. The van der Waals surface area contributed by atoms with Crippen LogP contribution >= 0.6 is 12.6 Å². The maximum Gasteiger partial charge on any atom is 0.264 e. The Bertz CT molecular complexity index is 1030. The van der Waals surface area contributed by atoms with Gasteiger partial charge in [0.1, 0.15) is 11.6 Å². The van der Waals surface area contributed by atoms with Gasteiger partial charge in [-0.2, -0.15) is 5.11 Å². The number of methoxy groups -OCH3 is 1. The number of aromatic nitrogens is 2. The monoisotopic (exact) mass is 395 g/mol. The number of hydrogen-bond donors (Lipinski definition) is 3. The fourth-order valence-electron chi connectivity index (χ4n) is 2.47. The molecule has 0 aliphatic rings. The number of oxazole rings is 1. The van der Waals surface area contributed by atoms with Crippen LogP contribution in [0.3, 0.4) is 0 Å². The van der Waals surface area contributed by atoms with Crippen molar-refractivity contribution < 1.29 is 13.9 Å². The van der Waals surface area contributed by atoms with Crippen molar-refractivity contribution in [2.75, 3.05) is 12.4 Å². The first-order valence-corrected chi connectivity index (χ1v) is 8.60. The summed E-state index contributed by atoms with van der Waals surface area (Å²) in [6.07, 6.45) is 4.63. The van der Waals surface area contributed by atoms with Gasteiger partial charge in [0.05, 0.1) is 23.9 Å². The molecule has 2 aromatic heterocycles. The number of pyridine rings is 1. The van der Waals surface area contributed by atoms with Crippen molar-refractivity contribution in [3.05, 3.63) is 59.7 Å². The molecule has 3 rings (SSSR count). The van der Waals surface area contributed by atoms with E-state index < -0.39 is 5.91 Å². The van der Waals surface area contributed by atoms with Gasteiger partial charge in [0.25, 0.3) is 5.91 Å². The molecule has 8 nitrogen and oxygen atoms in total. The van der Waals surface area contributed by atoms with Crippen LogP contribution in [0.1, 0.15) is 6.92 Å². The lowest BCUT2D eigenvalue weighted by molar-refractivity contribution is -0.112. The summed E-state index contributed by atoms with van der Waals surface area (Å²) in [5.41, 5.74) is 9.63. The van der Waals surface area contributed by atoms with Crippen LogP contribution in [-0.4, -0.2) is 23.0 Å². The Balaban J connectivity index is 1.88. The van der Waals surface area contributed by atoms with Gasteiger partial charge in [-0.1, -0.05) is 0 Å². The molecule has 0 saturated carbocycles. The van der Waals surface area contributed by atoms with Crippen LogP contribution in [0.5, 0.6) is 5.75 Å². The highest BCUT2D eigenvalue weighted by Gasteiger charge is 2.13. The molecule has 1 amide bonds. The maximum atomic E-state index is 12.1. The predicted molar refractivity (Wildman–Crippen MR) is 107 cm³/mol. The van der Waals surface area contributed by atoms with E-state index in [2.05, 4.69) is 33.0 Å². The van der Waals surface area contributed by atoms with Crippen LogP contribution < -0.4 is 10.1 Å². The van der Waals surface area contributed by atoms with Gasteiger partial charge >= 0.3 is 0 Å². The Morgan fingerprint density at radius 1 is 1.25 bits per heavy atom. The second kappa shape index (κ2) is 8.49. The third-order valence-electron chi connectivity index (χ3n) is 3.96. The first kappa shape index (κ1) is 19.3. The zero-order valence-corrected chi connectivity index (χ0v) is 16.0. The van der Waals surface area contributed by atoms with Crippen molar-refractivity contribution >= 4 is 24.4 Å². The zero-order chi connectivity index (χ0) is 20.1. The quantitative estimate of drug-likeness (QED) is 0.322. The minimum atomic E-state index is -0.484. The topological polar surface area (TPSA) is 113 Å². The molecule has 9 heteroatoms. The second-order valence-corrected chi connectivity index (χ2v) is 6.16. The number of nitrogens with one attached hydrogen (secondary N) is 2. The van der Waals surface area contributed by atoms with E-state index in [4.69, 9.17) is 14.7 Å². The molecule has 0 unspecified atom stereocenters. The lowest BCUT2D eigenvalue weighted by Gasteiger charge is -2.11. The van der Waals surface area contributed by atoms with E-state index in [0.717, 1.165) is 16.7 Å². The molecular weight excluding hydrogens is 378 g/mol. The third kappa shape index (κ3) is 4.09. The van der Waals surface area contributed by atoms with E-state index in [1.807, 2.05) is 24.3 Å². The van der Waals surface area contributed by atoms with Gasteiger partial charge in [0, 0.05) is 22.9 Å². The number of nitrogens with zero attached hydrogens (tertiary/aromatic N) is 3. The number of thiol groups is 1. The van der Waals surface area contributed by atoms with Crippen LogP contribution in [-0.2, 0) is 4.79 Å². The summed E-state index contributed by atoms with van der Waals surface area (Å²) in [6.45, 7) is 1.53. The standard InChI is InChI=1S/C19H17N5O3S/c1-11(24-20)18(28)19(25)23-17-6-4-13(8-22-17)14-7-12(3-5-15(14)26-2)16-9-21-10-27-16/h3-10,20,28H,1-2H3,(H,22,23,25)/b18-11-,24-20?. The Labute approximate surface area is 166 Å². The number of ether oxygens (including phenoxy) is 1. The lowest BCUT2D eigenvalue weighted by Crippen LogP contribution is -2.13. The molecule has 28 heavy (non-hydrogen) atoms. The molecule has 0 atom stereocenters. The summed E-state index contributed by atoms with van der Waals surface area (Å²) in [4.78, 5) is 20.3. The maximum absolute atomic E-state index is 12.1. The Kier molecular flexibility index (Phi) is 5.85. The third-order valence-corrected chi connectivity index (χ3v) is 4.48. The number of carbonyl (C=O) groups is 1. The number of amides is 1. The minimum Gasteiger partial charge on any atom is -0.496 e.